The Bertz CT molecular complexity index is 528. The molecular formula is C16H21F3N2O2. The highest BCUT2D eigenvalue weighted by molar-refractivity contribution is 5.92. The number of hydrogen-bond acceptors (Lipinski definition) is 3. The molecule has 0 aliphatic carbocycles. The van der Waals surface area contributed by atoms with Crippen LogP contribution in [0.5, 0.6) is 5.75 Å². The summed E-state index contributed by atoms with van der Waals surface area (Å²) in [5, 5.41) is 5.82. The van der Waals surface area contributed by atoms with Crippen LogP contribution in [0.2, 0.25) is 0 Å². The summed E-state index contributed by atoms with van der Waals surface area (Å²) >= 11 is 0. The minimum absolute atomic E-state index is 0.0313. The van der Waals surface area contributed by atoms with Gasteiger partial charge in [0.1, 0.15) is 0 Å². The lowest BCUT2D eigenvalue weighted by atomic mass is 9.85. The largest absolute Gasteiger partial charge is 0.573 e. The summed E-state index contributed by atoms with van der Waals surface area (Å²) in [6.07, 6.45) is -2.37. The van der Waals surface area contributed by atoms with Crippen molar-refractivity contribution in [2.24, 2.45) is 11.8 Å². The Kier molecular flexibility index (Phi) is 5.87. The maximum absolute atomic E-state index is 12.4. The molecule has 2 N–H and O–H groups in total. The van der Waals surface area contributed by atoms with Gasteiger partial charge in [-0.2, -0.15) is 0 Å². The molecule has 1 aliphatic heterocycles. The first kappa shape index (κ1) is 17.6. The molecule has 1 heterocycles. The topological polar surface area (TPSA) is 50.4 Å². The highest BCUT2D eigenvalue weighted by Crippen LogP contribution is 2.30. The van der Waals surface area contributed by atoms with Gasteiger partial charge in [-0.05, 0) is 49.9 Å². The summed E-state index contributed by atoms with van der Waals surface area (Å²) < 4.78 is 41.0. The summed E-state index contributed by atoms with van der Waals surface area (Å²) in [5.74, 6) is -0.128. The Labute approximate surface area is 133 Å². The van der Waals surface area contributed by atoms with Crippen molar-refractivity contribution in [1.29, 1.82) is 0 Å². The molecular weight excluding hydrogens is 309 g/mol. The average Bonchev–Trinajstić information content (AvgIpc) is 2.48. The third kappa shape index (κ3) is 5.74. The van der Waals surface area contributed by atoms with E-state index < -0.39 is 12.1 Å². The third-order valence-corrected chi connectivity index (χ3v) is 4.03. The molecule has 0 spiro atoms. The monoisotopic (exact) mass is 330 g/mol. The van der Waals surface area contributed by atoms with E-state index in [2.05, 4.69) is 15.4 Å². The normalized spacial score (nSPS) is 19.9. The molecule has 1 amide bonds. The predicted octanol–water partition coefficient (Wildman–Crippen LogP) is 3.55. The number of para-hydroxylation sites is 2. The number of carbonyl (C=O) groups excluding carboxylic acids is 1. The second-order valence-corrected chi connectivity index (χ2v) is 5.88. The highest BCUT2D eigenvalue weighted by Gasteiger charge is 2.32. The second kappa shape index (κ2) is 7.68. The molecule has 7 heteroatoms. The highest BCUT2D eigenvalue weighted by atomic mass is 19.4. The number of ether oxygens (including phenoxy) is 1. The molecule has 0 bridgehead atoms. The van der Waals surface area contributed by atoms with E-state index in [1.165, 1.54) is 18.2 Å². The molecule has 128 valence electrons. The summed E-state index contributed by atoms with van der Waals surface area (Å²) in [5.41, 5.74) is 0.0313. The summed E-state index contributed by atoms with van der Waals surface area (Å²) in [6.45, 7) is 3.87. The van der Waals surface area contributed by atoms with Gasteiger partial charge in [0.25, 0.3) is 0 Å². The van der Waals surface area contributed by atoms with Gasteiger partial charge in [0.05, 0.1) is 5.69 Å². The van der Waals surface area contributed by atoms with Crippen LogP contribution < -0.4 is 15.4 Å². The van der Waals surface area contributed by atoms with Crippen LogP contribution in [0.15, 0.2) is 24.3 Å². The van der Waals surface area contributed by atoms with Crippen LogP contribution in [0.1, 0.15) is 26.2 Å². The van der Waals surface area contributed by atoms with Crippen molar-refractivity contribution in [2.45, 2.75) is 32.5 Å². The molecule has 1 aromatic carbocycles. The molecule has 23 heavy (non-hydrogen) atoms. The molecule has 0 saturated carbocycles. The van der Waals surface area contributed by atoms with Gasteiger partial charge in [-0.25, -0.2) is 0 Å². The van der Waals surface area contributed by atoms with Gasteiger partial charge in [-0.15, -0.1) is 13.2 Å². The van der Waals surface area contributed by atoms with Crippen LogP contribution in [-0.2, 0) is 4.79 Å². The van der Waals surface area contributed by atoms with E-state index in [9.17, 15) is 18.0 Å². The van der Waals surface area contributed by atoms with Crippen LogP contribution in [-0.4, -0.2) is 25.4 Å². The smallest absolute Gasteiger partial charge is 0.404 e. The minimum Gasteiger partial charge on any atom is -0.404 e. The summed E-state index contributed by atoms with van der Waals surface area (Å²) in [7, 11) is 0. The zero-order valence-corrected chi connectivity index (χ0v) is 13.0. The van der Waals surface area contributed by atoms with Crippen molar-refractivity contribution in [3.05, 3.63) is 24.3 Å². The Morgan fingerprint density at radius 2 is 2.17 bits per heavy atom. The summed E-state index contributed by atoms with van der Waals surface area (Å²) in [6, 6.07) is 5.55. The van der Waals surface area contributed by atoms with Gasteiger partial charge in [0.2, 0.25) is 5.91 Å². The number of rotatable bonds is 5. The molecule has 0 radical (unpaired) electrons. The number of hydrogen-bond donors (Lipinski definition) is 2. The molecule has 2 unspecified atom stereocenters. The van der Waals surface area contributed by atoms with Crippen molar-refractivity contribution in [3.63, 3.8) is 0 Å². The SMILES string of the molecule is CC(CC(=O)Nc1ccccc1OC(F)(F)F)C1CCCNC1. The van der Waals surface area contributed by atoms with Crippen molar-refractivity contribution in [3.8, 4) is 5.75 Å². The fraction of sp³-hybridized carbons (Fsp3) is 0.562. The van der Waals surface area contributed by atoms with E-state index in [0.29, 0.717) is 5.92 Å². The number of halogens is 3. The van der Waals surface area contributed by atoms with Crippen molar-refractivity contribution < 1.29 is 22.7 Å². The average molecular weight is 330 g/mol. The number of nitrogens with one attached hydrogen (secondary N) is 2. The Morgan fingerprint density at radius 3 is 2.83 bits per heavy atom. The van der Waals surface area contributed by atoms with E-state index in [-0.39, 0.29) is 23.9 Å². The molecule has 1 aliphatic rings. The fourth-order valence-corrected chi connectivity index (χ4v) is 2.81. The molecule has 2 atom stereocenters. The number of alkyl halides is 3. The Morgan fingerprint density at radius 1 is 1.43 bits per heavy atom. The quantitative estimate of drug-likeness (QED) is 0.868. The number of anilines is 1. The molecule has 1 aromatic rings. The molecule has 1 saturated heterocycles. The van der Waals surface area contributed by atoms with Crippen molar-refractivity contribution in [2.75, 3.05) is 18.4 Å². The van der Waals surface area contributed by atoms with Crippen LogP contribution in [0, 0.1) is 11.8 Å². The fourth-order valence-electron chi connectivity index (χ4n) is 2.81. The first-order chi connectivity index (χ1) is 10.8. The number of piperidine rings is 1. The Balaban J connectivity index is 1.94. The van der Waals surface area contributed by atoms with Gasteiger partial charge in [-0.3, -0.25) is 4.79 Å². The Hall–Kier alpha value is -1.76. The van der Waals surface area contributed by atoms with Gasteiger partial charge < -0.3 is 15.4 Å². The number of benzene rings is 1. The molecule has 1 fully saturated rings. The van der Waals surface area contributed by atoms with Gasteiger partial charge in [0.15, 0.2) is 5.75 Å². The zero-order chi connectivity index (χ0) is 16.9. The first-order valence-electron chi connectivity index (χ1n) is 7.70. The third-order valence-electron chi connectivity index (χ3n) is 4.03. The molecule has 0 aromatic heterocycles. The van der Waals surface area contributed by atoms with E-state index in [1.807, 2.05) is 6.92 Å². The second-order valence-electron chi connectivity index (χ2n) is 5.88. The van der Waals surface area contributed by atoms with Crippen LogP contribution in [0.25, 0.3) is 0 Å². The minimum atomic E-state index is -4.79. The van der Waals surface area contributed by atoms with Crippen LogP contribution in [0.3, 0.4) is 0 Å². The lowest BCUT2D eigenvalue weighted by Crippen LogP contribution is -2.34. The van der Waals surface area contributed by atoms with E-state index >= 15 is 0 Å². The van der Waals surface area contributed by atoms with Gasteiger partial charge in [0, 0.05) is 6.42 Å². The lowest BCUT2D eigenvalue weighted by molar-refractivity contribution is -0.274. The van der Waals surface area contributed by atoms with E-state index in [0.717, 1.165) is 25.9 Å². The van der Waals surface area contributed by atoms with E-state index in [4.69, 9.17) is 0 Å². The lowest BCUT2D eigenvalue weighted by Gasteiger charge is -2.28. The maximum atomic E-state index is 12.4. The van der Waals surface area contributed by atoms with Crippen LogP contribution in [0.4, 0.5) is 18.9 Å². The van der Waals surface area contributed by atoms with Gasteiger partial charge in [-0.1, -0.05) is 19.1 Å². The zero-order valence-electron chi connectivity index (χ0n) is 13.0. The molecule has 2 rings (SSSR count). The van der Waals surface area contributed by atoms with Gasteiger partial charge >= 0.3 is 6.36 Å². The number of amides is 1. The standard InChI is InChI=1S/C16H21F3N2O2/c1-11(12-5-4-8-20-10-12)9-15(22)21-13-6-2-3-7-14(13)23-16(17,18)19/h2-3,6-7,11-12,20H,4-5,8-10H2,1H3,(H,21,22). The van der Waals surface area contributed by atoms with Crippen molar-refractivity contribution >= 4 is 11.6 Å². The molecule has 4 nitrogen and oxygen atoms in total. The maximum Gasteiger partial charge on any atom is 0.573 e. The van der Waals surface area contributed by atoms with E-state index in [1.54, 1.807) is 6.07 Å². The first-order valence-corrected chi connectivity index (χ1v) is 7.70. The van der Waals surface area contributed by atoms with Crippen LogP contribution >= 0.6 is 0 Å². The number of carbonyl (C=O) groups is 1. The summed E-state index contributed by atoms with van der Waals surface area (Å²) in [4.78, 5) is 12.1. The predicted molar refractivity (Wildman–Crippen MR) is 81.1 cm³/mol. The van der Waals surface area contributed by atoms with Crippen molar-refractivity contribution in [1.82, 2.24) is 5.32 Å².